The number of imide groups is 1. The Hall–Kier alpha value is -6.14. The summed E-state index contributed by atoms with van der Waals surface area (Å²) in [6.07, 6.45) is -1.91. The van der Waals surface area contributed by atoms with E-state index in [1.165, 1.54) is 33.9 Å². The molecule has 428 valence electrons. The van der Waals surface area contributed by atoms with E-state index in [2.05, 4.69) is 35.2 Å². The van der Waals surface area contributed by atoms with E-state index < -0.39 is 99.8 Å². The summed E-state index contributed by atoms with van der Waals surface area (Å²) in [6.45, 7) is -0.717. The van der Waals surface area contributed by atoms with Crippen LogP contribution in [0.3, 0.4) is 0 Å². The van der Waals surface area contributed by atoms with Crippen LogP contribution in [0.2, 0.25) is 0 Å². The number of aromatic amines is 1. The molecule has 0 radical (unpaired) electrons. The Labute approximate surface area is 458 Å². The zero-order valence-electron chi connectivity index (χ0n) is 43.3. The number of amides is 3. The first-order valence-corrected chi connectivity index (χ1v) is 30.2. The number of phosphoric acid groups is 1. The van der Waals surface area contributed by atoms with Crippen molar-refractivity contribution in [1.29, 1.82) is 0 Å². The van der Waals surface area contributed by atoms with Gasteiger partial charge in [0.25, 0.3) is 17.4 Å². The van der Waals surface area contributed by atoms with Crippen LogP contribution in [0.1, 0.15) is 76.5 Å². The molecule has 0 saturated carbocycles. The predicted octanol–water partition coefficient (Wildman–Crippen LogP) is 2.34. The number of Topliss-reactive ketones (excluding diaryl/α,β-unsaturated/α-hetero) is 2. The van der Waals surface area contributed by atoms with Crippen molar-refractivity contribution in [2.75, 3.05) is 37.8 Å². The highest BCUT2D eigenvalue weighted by Crippen LogP contribution is 2.66. The Morgan fingerprint density at radius 1 is 0.887 bits per heavy atom. The van der Waals surface area contributed by atoms with E-state index in [4.69, 9.17) is 43.8 Å². The predicted molar refractivity (Wildman–Crippen MR) is 280 cm³/mol. The summed E-state index contributed by atoms with van der Waals surface area (Å²) in [4.78, 5) is 112. The van der Waals surface area contributed by atoms with E-state index in [0.29, 0.717) is 30.4 Å². The van der Waals surface area contributed by atoms with Gasteiger partial charge in [0.1, 0.15) is 53.7 Å². The molecule has 29 nitrogen and oxygen atoms in total. The number of fused-ring (bicyclic) bond motifs is 4. The summed E-state index contributed by atoms with van der Waals surface area (Å²) in [7, 11) is -5.21. The molecular formula is C48H58N12O17P2S. The number of anilines is 2. The maximum atomic E-state index is 15.4. The Balaban J connectivity index is 0.823. The molecule has 10 rings (SSSR count). The van der Waals surface area contributed by atoms with Gasteiger partial charge in [-0.1, -0.05) is 44.5 Å². The van der Waals surface area contributed by atoms with Gasteiger partial charge in [-0.15, -0.1) is 0 Å². The number of aromatic nitrogens is 8. The molecule has 12 atom stereocenters. The summed E-state index contributed by atoms with van der Waals surface area (Å²) in [5.74, 6) is -2.62. The summed E-state index contributed by atoms with van der Waals surface area (Å²) in [5, 5.41) is 14.5. The maximum Gasteiger partial charge on any atom is 0.472 e. The van der Waals surface area contributed by atoms with Gasteiger partial charge in [0, 0.05) is 49.6 Å². The number of nitrogens with one attached hydrogen (secondary N) is 2. The van der Waals surface area contributed by atoms with Crippen LogP contribution in [0.15, 0.2) is 60.2 Å². The van der Waals surface area contributed by atoms with Gasteiger partial charge in [0.05, 0.1) is 38.5 Å². The second kappa shape index (κ2) is 23.0. The third kappa shape index (κ3) is 11.8. The van der Waals surface area contributed by atoms with Crippen LogP contribution in [-0.2, 0) is 77.6 Å². The second-order valence-corrected chi connectivity index (χ2v) is 25.8. The van der Waals surface area contributed by atoms with E-state index in [9.17, 15) is 43.3 Å². The molecule has 4 saturated heterocycles. The first-order chi connectivity index (χ1) is 38.1. The molecule has 1 aromatic carbocycles. The number of nitrogens with zero attached hydrogens (tertiary/aromatic N) is 8. The Bertz CT molecular complexity index is 3400. The molecular weight excluding hydrogens is 1110 g/mol. The molecule has 5 aromatic rings. The van der Waals surface area contributed by atoms with Gasteiger partial charge in [-0.25, -0.2) is 29.1 Å². The van der Waals surface area contributed by atoms with Gasteiger partial charge in [0.15, 0.2) is 40.9 Å². The highest BCUT2D eigenvalue weighted by Gasteiger charge is 2.66. The van der Waals surface area contributed by atoms with Crippen LogP contribution in [0.5, 0.6) is 0 Å². The first-order valence-electron chi connectivity index (χ1n) is 25.6. The lowest BCUT2D eigenvalue weighted by Crippen LogP contribution is -2.45. The molecule has 5 aliphatic rings. The highest BCUT2D eigenvalue weighted by atomic mass is 32.7. The standard InChI is InChI=1S/C48H58N12O17P2S/c1-24(2)29(16-28(61)7-5-4-6-14-58-32(63)12-13-33(58)64)43(66)55-25(3)30(62)15-26-8-10-27(11-9-26)18-80-79(70)72-17-31-36(65)37(45(74-31)60-23-54-35-42(60)56-47(50)57-44(35)67)76-78(68,69)73-20-48-19-71-38(39(48)77-79)46(75-48)59-22-53-34-40(49)51-21-52-41(34)59/h8-13,21-25,29,31,36-39,45-46,65H,4-7,14-20H2,1-3H3,(H,55,66)(H,68,69)(H2,49,51,52)(H3,50,56,57,67)/t25-,29-,31+,36+,37+,38+,39-,45+,46+,48+,79-/m0/s1. The lowest BCUT2D eigenvalue weighted by atomic mass is 9.88. The minimum atomic E-state index is -5.21. The van der Waals surface area contributed by atoms with Gasteiger partial charge in [-0.3, -0.25) is 65.9 Å². The van der Waals surface area contributed by atoms with Crippen molar-refractivity contribution in [2.24, 2.45) is 11.8 Å². The van der Waals surface area contributed by atoms with Crippen molar-refractivity contribution in [3.05, 3.63) is 76.9 Å². The van der Waals surface area contributed by atoms with Crippen molar-refractivity contribution in [3.63, 3.8) is 0 Å². The number of aliphatic hydroxyl groups is 1. The van der Waals surface area contributed by atoms with Crippen molar-refractivity contribution in [1.82, 2.24) is 49.3 Å². The SMILES string of the molecule is CC(C)[C@H](CC(=O)CCCCCN1C(=O)C=CC1=O)C(=O)N[C@@H](C)C(=O)Cc1ccc(CS[P@@]2(=O)OC[C@H]3O[C@@H](n4cnc5c(=O)[nH]c(N)nc54)[C@H](OP(=O)(O)OC[C@@]45CO[C@@H]([C@H](n6cnc7c(N)ncnc76)O4)[C@@H]5O2)[C@@H]3O)cc1. The molecule has 0 aliphatic carbocycles. The molecule has 32 heteroatoms. The number of nitrogen functional groups attached to an aromatic ring is 2. The second-order valence-electron chi connectivity index (χ2n) is 20.4. The number of carbonyl (C=O) groups is 5. The highest BCUT2D eigenvalue weighted by molar-refractivity contribution is 8.54. The van der Waals surface area contributed by atoms with E-state index in [1.54, 1.807) is 31.2 Å². The van der Waals surface area contributed by atoms with E-state index >= 15 is 4.57 Å². The minimum absolute atomic E-state index is 0.00544. The van der Waals surface area contributed by atoms with Gasteiger partial charge in [-0.05, 0) is 48.2 Å². The van der Waals surface area contributed by atoms with Crippen molar-refractivity contribution < 1.29 is 75.4 Å². The van der Waals surface area contributed by atoms with Crippen LogP contribution >= 0.6 is 26.0 Å². The number of unbranched alkanes of at least 4 members (excludes halogenated alkanes) is 2. The molecule has 9 heterocycles. The number of hydrogen-bond donors (Lipinski definition) is 6. The number of nitrogens with two attached hydrogens (primary N) is 2. The Kier molecular flexibility index (Phi) is 16.4. The van der Waals surface area contributed by atoms with E-state index in [1.807, 2.05) is 13.8 Å². The quantitative estimate of drug-likeness (QED) is 0.0392. The molecule has 8 N–H and O–H groups in total. The Morgan fingerprint density at radius 3 is 2.34 bits per heavy atom. The van der Waals surface area contributed by atoms with Crippen LogP contribution in [0.25, 0.3) is 22.3 Å². The summed E-state index contributed by atoms with van der Waals surface area (Å²) in [5.41, 5.74) is 10.8. The fourth-order valence-corrected chi connectivity index (χ4v) is 14.5. The summed E-state index contributed by atoms with van der Waals surface area (Å²) < 4.78 is 74.9. The van der Waals surface area contributed by atoms with Crippen molar-refractivity contribution in [2.45, 2.75) is 120 Å². The number of phosphoric ester groups is 1. The fraction of sp³-hybridized carbons (Fsp3) is 0.521. The maximum absolute atomic E-state index is 15.4. The zero-order chi connectivity index (χ0) is 56.8. The monoisotopic (exact) mass is 1170 g/mol. The lowest BCUT2D eigenvalue weighted by molar-refractivity contribution is -0.184. The van der Waals surface area contributed by atoms with E-state index in [0.717, 1.165) is 22.6 Å². The number of ketones is 2. The number of H-pyrrole nitrogens is 1. The number of rotatable bonds is 19. The zero-order valence-corrected chi connectivity index (χ0v) is 45.9. The summed E-state index contributed by atoms with van der Waals surface area (Å²) >= 11 is 0.760. The molecule has 4 bridgehead atoms. The molecule has 4 fully saturated rings. The third-order valence-electron chi connectivity index (χ3n) is 14.5. The van der Waals surface area contributed by atoms with Crippen LogP contribution in [0, 0.1) is 11.8 Å². The average Bonchev–Trinajstić information content (AvgIpc) is 4.34. The number of imidazole rings is 2. The van der Waals surface area contributed by atoms with Crippen LogP contribution in [0.4, 0.5) is 11.8 Å². The van der Waals surface area contributed by atoms with Gasteiger partial charge in [0.2, 0.25) is 11.9 Å². The minimum Gasteiger partial charge on any atom is -0.387 e. The van der Waals surface area contributed by atoms with E-state index in [-0.39, 0.29) is 102 Å². The first kappa shape index (κ1) is 57.1. The smallest absolute Gasteiger partial charge is 0.387 e. The fourth-order valence-electron chi connectivity index (χ4n) is 10.1. The number of aliphatic hydroxyl groups excluding tert-OH is 1. The molecule has 5 aliphatic heterocycles. The molecule has 80 heavy (non-hydrogen) atoms. The largest absolute Gasteiger partial charge is 0.472 e. The molecule has 4 aromatic heterocycles. The van der Waals surface area contributed by atoms with Crippen LogP contribution in [-0.4, -0.2) is 152 Å². The number of carbonyl (C=O) groups excluding carboxylic acids is 5. The van der Waals surface area contributed by atoms with Gasteiger partial charge >= 0.3 is 14.6 Å². The van der Waals surface area contributed by atoms with Crippen LogP contribution < -0.4 is 22.3 Å². The topological polar surface area (TPSA) is 399 Å². The van der Waals surface area contributed by atoms with Gasteiger partial charge in [-0.2, -0.15) is 4.98 Å². The number of ether oxygens (including phenoxy) is 3. The van der Waals surface area contributed by atoms with Gasteiger partial charge < -0.3 is 41.0 Å². The number of benzene rings is 1. The normalized spacial score (nSPS) is 29.4. The average molecular weight is 1170 g/mol. The number of hydrogen-bond acceptors (Lipinski definition) is 24. The molecule has 3 amide bonds. The third-order valence-corrected chi connectivity index (χ3v) is 19.1. The molecule has 1 unspecified atom stereocenters. The van der Waals surface area contributed by atoms with Crippen molar-refractivity contribution >= 4 is 89.4 Å². The van der Waals surface area contributed by atoms with Crippen molar-refractivity contribution in [3.8, 4) is 0 Å². The summed E-state index contributed by atoms with van der Waals surface area (Å²) in [6, 6.07) is 5.93. The molecule has 0 spiro atoms. The lowest BCUT2D eigenvalue weighted by Gasteiger charge is -2.32. The Morgan fingerprint density at radius 2 is 1.60 bits per heavy atom.